The average Bonchev–Trinajstić information content (AvgIpc) is 2.81. The molecule has 0 saturated heterocycles. The van der Waals surface area contributed by atoms with Crippen LogP contribution in [0.5, 0.6) is 0 Å². The minimum Gasteiger partial charge on any atom is -0.446 e. The van der Waals surface area contributed by atoms with E-state index in [0.717, 1.165) is 5.56 Å². The zero-order valence-corrected chi connectivity index (χ0v) is 21.2. The Morgan fingerprint density at radius 1 is 1.14 bits per heavy atom. The predicted octanol–water partition coefficient (Wildman–Crippen LogP) is 3.26. The van der Waals surface area contributed by atoms with Crippen molar-refractivity contribution < 1.29 is 23.9 Å². The van der Waals surface area contributed by atoms with E-state index in [2.05, 4.69) is 10.6 Å². The number of rotatable bonds is 6. The zero-order valence-electron chi connectivity index (χ0n) is 21.2. The van der Waals surface area contributed by atoms with Crippen molar-refractivity contribution in [2.45, 2.75) is 70.6 Å². The van der Waals surface area contributed by atoms with Gasteiger partial charge in [-0.2, -0.15) is 0 Å². The highest BCUT2D eigenvalue weighted by Crippen LogP contribution is 2.18. The third-order valence-corrected chi connectivity index (χ3v) is 5.96. The predicted molar refractivity (Wildman–Crippen MR) is 135 cm³/mol. The second-order valence-corrected chi connectivity index (χ2v) is 9.74. The highest BCUT2D eigenvalue weighted by molar-refractivity contribution is 5.88. The first-order chi connectivity index (χ1) is 16.7. The molecule has 192 valence electrons. The van der Waals surface area contributed by atoms with Gasteiger partial charge in [-0.15, -0.1) is 0 Å². The number of cyclic esters (lactones) is 1. The maximum Gasteiger partial charge on any atom is 0.408 e. The molecule has 3 amide bonds. The molecule has 8 heteroatoms. The number of nitrogens with zero attached hydrogens (tertiary/aromatic N) is 1. The molecule has 4 atom stereocenters. The molecule has 0 saturated carbocycles. The van der Waals surface area contributed by atoms with Crippen LogP contribution in [-0.2, 0) is 25.5 Å². The Hall–Kier alpha value is -3.16. The number of alkyl carbamates (subject to hydrolysis) is 1. The molecular weight excluding hydrogens is 446 g/mol. The smallest absolute Gasteiger partial charge is 0.408 e. The number of aldehydes is 1. The van der Waals surface area contributed by atoms with Gasteiger partial charge in [0.15, 0.2) is 0 Å². The van der Waals surface area contributed by atoms with Gasteiger partial charge in [0.2, 0.25) is 11.8 Å². The first kappa shape index (κ1) is 28.1. The summed E-state index contributed by atoms with van der Waals surface area (Å²) in [5.74, 6) is -0.891. The van der Waals surface area contributed by atoms with Crippen LogP contribution in [0.15, 0.2) is 42.5 Å². The van der Waals surface area contributed by atoms with Crippen LogP contribution in [0.2, 0.25) is 0 Å². The average molecular weight is 486 g/mol. The van der Waals surface area contributed by atoms with Crippen LogP contribution < -0.4 is 10.6 Å². The van der Waals surface area contributed by atoms with Crippen molar-refractivity contribution in [1.29, 1.82) is 0 Å². The number of hydrogen-bond acceptors (Lipinski definition) is 5. The van der Waals surface area contributed by atoms with Gasteiger partial charge in [-0.05, 0) is 43.6 Å². The highest BCUT2D eigenvalue weighted by Gasteiger charge is 2.29. The molecule has 1 aromatic rings. The Kier molecular flexibility index (Phi) is 11.5. The normalized spacial score (nSPS) is 25.3. The van der Waals surface area contributed by atoms with E-state index in [9.17, 15) is 19.2 Å². The van der Waals surface area contributed by atoms with Gasteiger partial charge >= 0.3 is 6.09 Å². The van der Waals surface area contributed by atoms with Gasteiger partial charge in [-0.3, -0.25) is 9.59 Å². The van der Waals surface area contributed by atoms with E-state index >= 15 is 0 Å². The maximum absolute atomic E-state index is 13.0. The number of carbonyl (C=O) groups is 4. The van der Waals surface area contributed by atoms with Crippen molar-refractivity contribution in [1.82, 2.24) is 15.5 Å². The van der Waals surface area contributed by atoms with E-state index in [1.165, 1.54) is 4.90 Å². The summed E-state index contributed by atoms with van der Waals surface area (Å²) in [6, 6.07) is 8.09. The SMILES string of the molecule is CC(C)C[C@@H]1NC(=O)OC(Cc2ccccc2)CC/C=C/CC(C(=O)N(C)C)C[C@H](C=O)NC1=O. The zero-order chi connectivity index (χ0) is 25.8. The maximum atomic E-state index is 13.0. The number of ether oxygens (including phenoxy) is 1. The van der Waals surface area contributed by atoms with E-state index in [1.807, 2.05) is 56.3 Å². The monoisotopic (exact) mass is 485 g/mol. The van der Waals surface area contributed by atoms with Crippen molar-refractivity contribution in [3.8, 4) is 0 Å². The Bertz CT molecular complexity index is 869. The fraction of sp³-hybridized carbons (Fsp3) is 0.556. The molecule has 0 fully saturated rings. The van der Waals surface area contributed by atoms with Crippen molar-refractivity contribution in [3.63, 3.8) is 0 Å². The molecule has 0 aromatic heterocycles. The lowest BCUT2D eigenvalue weighted by Crippen LogP contribution is -2.51. The second kappa shape index (κ2) is 14.3. The summed E-state index contributed by atoms with van der Waals surface area (Å²) < 4.78 is 5.74. The van der Waals surface area contributed by atoms with Gasteiger partial charge in [0.1, 0.15) is 18.4 Å². The van der Waals surface area contributed by atoms with Gasteiger partial charge in [-0.25, -0.2) is 4.79 Å². The summed E-state index contributed by atoms with van der Waals surface area (Å²) in [5.41, 5.74) is 1.05. The van der Waals surface area contributed by atoms with Crippen LogP contribution in [0.1, 0.15) is 51.5 Å². The van der Waals surface area contributed by atoms with Crippen molar-refractivity contribution >= 4 is 24.2 Å². The van der Waals surface area contributed by atoms with Gasteiger partial charge < -0.3 is 25.1 Å². The number of benzene rings is 1. The Balaban J connectivity index is 2.28. The molecule has 35 heavy (non-hydrogen) atoms. The quantitative estimate of drug-likeness (QED) is 0.475. The lowest BCUT2D eigenvalue weighted by Gasteiger charge is -2.25. The molecule has 0 spiro atoms. The molecule has 1 aliphatic heterocycles. The van der Waals surface area contributed by atoms with E-state index in [4.69, 9.17) is 4.74 Å². The summed E-state index contributed by atoms with van der Waals surface area (Å²) in [7, 11) is 3.35. The van der Waals surface area contributed by atoms with Crippen LogP contribution >= 0.6 is 0 Å². The van der Waals surface area contributed by atoms with Crippen LogP contribution in [-0.4, -0.2) is 61.4 Å². The van der Waals surface area contributed by atoms with Crippen molar-refractivity contribution in [2.75, 3.05) is 14.1 Å². The van der Waals surface area contributed by atoms with Crippen LogP contribution in [0, 0.1) is 11.8 Å². The van der Waals surface area contributed by atoms with Gasteiger partial charge in [0, 0.05) is 26.4 Å². The standard InChI is InChI=1S/C27H39N3O5/c1-19(2)15-24-25(32)28-22(18-31)17-21(26(33)30(3)4)13-9-6-10-14-23(35-27(34)29-24)16-20-11-7-5-8-12-20/h5-9,11-12,18-19,21-24H,10,13-17H2,1-4H3,(H,28,32)(H,29,34)/b9-6+/t21?,22-,23?,24+/m1/s1. The third kappa shape index (κ3) is 9.92. The molecule has 1 aromatic carbocycles. The second-order valence-electron chi connectivity index (χ2n) is 9.74. The van der Waals surface area contributed by atoms with Gasteiger partial charge in [-0.1, -0.05) is 56.3 Å². The fourth-order valence-electron chi connectivity index (χ4n) is 4.17. The fourth-order valence-corrected chi connectivity index (χ4v) is 4.17. The first-order valence-electron chi connectivity index (χ1n) is 12.3. The minimum atomic E-state index is -0.853. The molecule has 1 heterocycles. The lowest BCUT2D eigenvalue weighted by molar-refractivity contribution is -0.134. The summed E-state index contributed by atoms with van der Waals surface area (Å²) in [6.45, 7) is 3.89. The van der Waals surface area contributed by atoms with E-state index in [1.54, 1.807) is 14.1 Å². The molecule has 0 radical (unpaired) electrons. The molecule has 0 bridgehead atoms. The Morgan fingerprint density at radius 3 is 2.49 bits per heavy atom. The topological polar surface area (TPSA) is 105 Å². The summed E-state index contributed by atoms with van der Waals surface area (Å²) in [4.78, 5) is 51.8. The molecule has 1 aliphatic rings. The van der Waals surface area contributed by atoms with Crippen molar-refractivity contribution in [2.24, 2.45) is 11.8 Å². The molecule has 2 rings (SSSR count). The number of amides is 3. The lowest BCUT2D eigenvalue weighted by atomic mass is 9.94. The first-order valence-corrected chi connectivity index (χ1v) is 12.3. The molecule has 2 N–H and O–H groups in total. The van der Waals surface area contributed by atoms with Crippen LogP contribution in [0.25, 0.3) is 0 Å². The van der Waals surface area contributed by atoms with Gasteiger partial charge in [0.25, 0.3) is 0 Å². The van der Waals surface area contributed by atoms with Crippen LogP contribution in [0.3, 0.4) is 0 Å². The van der Waals surface area contributed by atoms with Crippen molar-refractivity contribution in [3.05, 3.63) is 48.0 Å². The number of allylic oxidation sites excluding steroid dienone is 2. The molecule has 8 nitrogen and oxygen atoms in total. The Labute approximate surface area is 208 Å². The minimum absolute atomic E-state index is 0.0996. The Morgan fingerprint density at radius 2 is 1.86 bits per heavy atom. The van der Waals surface area contributed by atoms with E-state index < -0.39 is 30.0 Å². The summed E-state index contributed by atoms with van der Waals surface area (Å²) >= 11 is 0. The molecular formula is C27H39N3O5. The van der Waals surface area contributed by atoms with Gasteiger partial charge in [0.05, 0.1) is 6.04 Å². The number of carbonyl (C=O) groups excluding carboxylic acids is 4. The van der Waals surface area contributed by atoms with E-state index in [-0.39, 0.29) is 24.3 Å². The summed E-state index contributed by atoms with van der Waals surface area (Å²) in [5, 5.41) is 5.41. The van der Waals surface area contributed by atoms with Crippen LogP contribution in [0.4, 0.5) is 4.79 Å². The number of hydrogen-bond donors (Lipinski definition) is 2. The largest absolute Gasteiger partial charge is 0.446 e. The number of nitrogens with one attached hydrogen (secondary N) is 2. The molecule has 0 aliphatic carbocycles. The molecule has 2 unspecified atom stereocenters. The van der Waals surface area contributed by atoms with E-state index in [0.29, 0.717) is 38.4 Å². The third-order valence-electron chi connectivity index (χ3n) is 5.96. The summed E-state index contributed by atoms with van der Waals surface area (Å²) in [6.07, 6.45) is 6.36. The highest BCUT2D eigenvalue weighted by atomic mass is 16.6.